The third-order valence-electron chi connectivity index (χ3n) is 7.19. The van der Waals surface area contributed by atoms with Gasteiger partial charge in [0.2, 0.25) is 5.75 Å². The van der Waals surface area contributed by atoms with Crippen LogP contribution in [0.2, 0.25) is 0 Å². The van der Waals surface area contributed by atoms with E-state index in [9.17, 15) is 4.79 Å². The van der Waals surface area contributed by atoms with Crippen LogP contribution >= 0.6 is 0 Å². The third kappa shape index (κ3) is 9.84. The summed E-state index contributed by atoms with van der Waals surface area (Å²) in [6, 6.07) is 14.8. The molecule has 210 valence electrons. The van der Waals surface area contributed by atoms with Crippen molar-refractivity contribution in [1.82, 2.24) is 9.80 Å². The lowest BCUT2D eigenvalue weighted by molar-refractivity contribution is -0.140. The molecule has 1 saturated heterocycles. The van der Waals surface area contributed by atoms with Crippen LogP contribution in [0.5, 0.6) is 17.2 Å². The molecule has 0 amide bonds. The summed E-state index contributed by atoms with van der Waals surface area (Å²) in [5.74, 6) is 2.07. The highest BCUT2D eigenvalue weighted by Crippen LogP contribution is 2.40. The van der Waals surface area contributed by atoms with Gasteiger partial charge < -0.3 is 18.9 Å². The van der Waals surface area contributed by atoms with Crippen LogP contribution in [0.25, 0.3) is 0 Å². The number of hydrogen-bond acceptors (Lipinski definition) is 7. The summed E-state index contributed by atoms with van der Waals surface area (Å²) in [6.45, 7) is 6.67. The van der Waals surface area contributed by atoms with Crippen molar-refractivity contribution in [2.75, 3.05) is 54.1 Å². The molecule has 0 unspecified atom stereocenters. The van der Waals surface area contributed by atoms with Gasteiger partial charge in [0.1, 0.15) is 0 Å². The van der Waals surface area contributed by atoms with Crippen molar-refractivity contribution in [2.24, 2.45) is 0 Å². The number of ether oxygens (including phenoxy) is 4. The monoisotopic (exact) mass is 526 g/mol. The molecule has 0 atom stereocenters. The van der Waals surface area contributed by atoms with E-state index in [-0.39, 0.29) is 5.97 Å². The van der Waals surface area contributed by atoms with Crippen molar-refractivity contribution in [3.63, 3.8) is 0 Å². The second-order valence-electron chi connectivity index (χ2n) is 9.98. The number of rotatable bonds is 17. The van der Waals surface area contributed by atoms with Gasteiger partial charge in [0.05, 0.1) is 27.9 Å². The average Bonchev–Trinajstić information content (AvgIpc) is 2.95. The number of carbonyl (C=O) groups excluding carboxylic acids is 1. The van der Waals surface area contributed by atoms with Crippen LogP contribution in [-0.2, 0) is 22.6 Å². The van der Waals surface area contributed by atoms with E-state index in [0.717, 1.165) is 82.7 Å². The van der Waals surface area contributed by atoms with Gasteiger partial charge in [-0.05, 0) is 24.5 Å². The highest BCUT2D eigenvalue weighted by Gasteiger charge is 2.22. The molecule has 1 aliphatic heterocycles. The number of carbonyl (C=O) groups is 1. The van der Waals surface area contributed by atoms with Crippen LogP contribution in [0.3, 0.4) is 0 Å². The standard InChI is InChI=1S/C31H46N2O5/c1-35-28-18-17-27(25-33-21-19-32(20-22-33)24-26-14-10-9-11-15-26)30(31(28)37-3)38-23-13-8-6-4-5-7-12-16-29(34)36-2/h9-11,14-15,17-18H,4-8,12-13,16,19-25H2,1-3H3. The predicted octanol–water partition coefficient (Wildman–Crippen LogP) is 5.69. The highest BCUT2D eigenvalue weighted by atomic mass is 16.5. The third-order valence-corrected chi connectivity index (χ3v) is 7.19. The fourth-order valence-corrected chi connectivity index (χ4v) is 4.94. The summed E-state index contributed by atoms with van der Waals surface area (Å²) in [5, 5.41) is 0. The largest absolute Gasteiger partial charge is 0.493 e. The van der Waals surface area contributed by atoms with Gasteiger partial charge in [-0.15, -0.1) is 0 Å². The molecule has 0 bridgehead atoms. The lowest BCUT2D eigenvalue weighted by atomic mass is 10.1. The van der Waals surface area contributed by atoms with Crippen molar-refractivity contribution in [3.8, 4) is 17.2 Å². The number of methoxy groups -OCH3 is 3. The molecule has 0 N–H and O–H groups in total. The van der Waals surface area contributed by atoms with Crippen LogP contribution in [0, 0.1) is 0 Å². The van der Waals surface area contributed by atoms with Gasteiger partial charge in [0, 0.05) is 51.3 Å². The van der Waals surface area contributed by atoms with Crippen LogP contribution < -0.4 is 14.2 Å². The van der Waals surface area contributed by atoms with E-state index in [4.69, 9.17) is 18.9 Å². The predicted molar refractivity (Wildman–Crippen MR) is 151 cm³/mol. The van der Waals surface area contributed by atoms with E-state index in [1.54, 1.807) is 14.2 Å². The van der Waals surface area contributed by atoms with Crippen molar-refractivity contribution in [2.45, 2.75) is 64.5 Å². The number of hydrogen-bond donors (Lipinski definition) is 0. The van der Waals surface area contributed by atoms with Crippen molar-refractivity contribution < 1.29 is 23.7 Å². The zero-order chi connectivity index (χ0) is 27.0. The molecule has 38 heavy (non-hydrogen) atoms. The highest BCUT2D eigenvalue weighted by molar-refractivity contribution is 5.68. The van der Waals surface area contributed by atoms with Gasteiger partial charge in [-0.1, -0.05) is 68.5 Å². The molecule has 2 aromatic carbocycles. The molecule has 3 rings (SSSR count). The molecule has 1 aliphatic rings. The summed E-state index contributed by atoms with van der Waals surface area (Å²) < 4.78 is 22.3. The number of unbranched alkanes of at least 4 members (excludes halogenated alkanes) is 6. The Hall–Kier alpha value is -2.77. The fraction of sp³-hybridized carbons (Fsp3) is 0.581. The van der Waals surface area contributed by atoms with Crippen LogP contribution in [0.15, 0.2) is 42.5 Å². The minimum absolute atomic E-state index is 0.111. The summed E-state index contributed by atoms with van der Waals surface area (Å²) >= 11 is 0. The lowest BCUT2D eigenvalue weighted by Gasteiger charge is -2.35. The summed E-state index contributed by atoms with van der Waals surface area (Å²) in [5.41, 5.74) is 2.51. The zero-order valence-electron chi connectivity index (χ0n) is 23.6. The molecule has 7 heteroatoms. The van der Waals surface area contributed by atoms with E-state index in [1.165, 1.54) is 25.5 Å². The average molecular weight is 527 g/mol. The van der Waals surface area contributed by atoms with Gasteiger partial charge in [-0.25, -0.2) is 0 Å². The molecule has 0 aliphatic carbocycles. The smallest absolute Gasteiger partial charge is 0.305 e. The van der Waals surface area contributed by atoms with Crippen LogP contribution in [-0.4, -0.2) is 69.9 Å². The maximum atomic E-state index is 11.2. The Morgan fingerprint density at radius 1 is 0.711 bits per heavy atom. The Kier molecular flexibility index (Phi) is 13.3. The van der Waals surface area contributed by atoms with Gasteiger partial charge >= 0.3 is 5.97 Å². The fourth-order valence-electron chi connectivity index (χ4n) is 4.94. The molecule has 1 heterocycles. The van der Waals surface area contributed by atoms with Crippen molar-refractivity contribution >= 4 is 5.97 Å². The Morgan fingerprint density at radius 3 is 1.97 bits per heavy atom. The second-order valence-corrected chi connectivity index (χ2v) is 9.98. The molecular formula is C31H46N2O5. The molecule has 7 nitrogen and oxygen atoms in total. The molecule has 0 aromatic heterocycles. The zero-order valence-corrected chi connectivity index (χ0v) is 23.6. The molecule has 0 saturated carbocycles. The van der Waals surface area contributed by atoms with Crippen LogP contribution in [0.4, 0.5) is 0 Å². The lowest BCUT2D eigenvalue weighted by Crippen LogP contribution is -2.45. The molecular weight excluding hydrogens is 480 g/mol. The Labute approximate surface area is 229 Å². The van der Waals surface area contributed by atoms with E-state index in [0.29, 0.717) is 24.5 Å². The van der Waals surface area contributed by atoms with E-state index in [1.807, 2.05) is 6.07 Å². The van der Waals surface area contributed by atoms with Crippen LogP contribution in [0.1, 0.15) is 62.5 Å². The molecule has 0 spiro atoms. The Bertz CT molecular complexity index is 945. The van der Waals surface area contributed by atoms with Crippen molar-refractivity contribution in [1.29, 1.82) is 0 Å². The maximum Gasteiger partial charge on any atom is 0.305 e. The van der Waals surface area contributed by atoms with Gasteiger partial charge in [0.15, 0.2) is 11.5 Å². The summed E-state index contributed by atoms with van der Waals surface area (Å²) in [7, 11) is 4.79. The van der Waals surface area contributed by atoms with Crippen molar-refractivity contribution in [3.05, 3.63) is 53.6 Å². The van der Waals surface area contributed by atoms with E-state index in [2.05, 4.69) is 46.2 Å². The first kappa shape index (κ1) is 29.8. The van der Waals surface area contributed by atoms with E-state index < -0.39 is 0 Å². The molecule has 0 radical (unpaired) electrons. The summed E-state index contributed by atoms with van der Waals surface area (Å²) in [4.78, 5) is 16.2. The van der Waals surface area contributed by atoms with Gasteiger partial charge in [-0.3, -0.25) is 14.6 Å². The quantitative estimate of drug-likeness (QED) is 0.194. The maximum absolute atomic E-state index is 11.2. The normalized spacial score (nSPS) is 14.3. The first-order chi connectivity index (χ1) is 18.6. The Morgan fingerprint density at radius 2 is 1.34 bits per heavy atom. The summed E-state index contributed by atoms with van der Waals surface area (Å²) in [6.07, 6.45) is 8.17. The molecule has 1 fully saturated rings. The van der Waals surface area contributed by atoms with E-state index >= 15 is 0 Å². The number of benzene rings is 2. The number of esters is 1. The van der Waals surface area contributed by atoms with Gasteiger partial charge in [0.25, 0.3) is 0 Å². The number of piperazine rings is 1. The number of nitrogens with zero attached hydrogens (tertiary/aromatic N) is 2. The molecule has 2 aromatic rings. The minimum atomic E-state index is -0.111. The Balaban J connectivity index is 1.44. The SMILES string of the molecule is COC(=O)CCCCCCCCCOc1c(CN2CCN(Cc3ccccc3)CC2)ccc(OC)c1OC. The topological polar surface area (TPSA) is 60.5 Å². The second kappa shape index (κ2) is 16.9. The first-order valence-electron chi connectivity index (χ1n) is 14.1. The minimum Gasteiger partial charge on any atom is -0.493 e. The van der Waals surface area contributed by atoms with Gasteiger partial charge in [-0.2, -0.15) is 0 Å². The first-order valence-corrected chi connectivity index (χ1v) is 14.1.